The molecule has 0 unspecified atom stereocenters. The smallest absolute Gasteiger partial charge is 0.337 e. The van der Waals surface area contributed by atoms with Crippen molar-refractivity contribution in [2.75, 3.05) is 0 Å². The highest BCUT2D eigenvalue weighted by molar-refractivity contribution is 7.89. The molecular formula is C19H15ClN2O5S. The average Bonchev–Trinajstić information content (AvgIpc) is 3.10. The number of nitrogens with one attached hydrogen (secondary N) is 1. The first-order valence-corrected chi connectivity index (χ1v) is 9.87. The van der Waals surface area contributed by atoms with Gasteiger partial charge in [0.25, 0.3) is 10.0 Å². The van der Waals surface area contributed by atoms with Crippen LogP contribution in [0, 0.1) is 6.92 Å². The molecule has 144 valence electrons. The molecule has 1 aromatic heterocycles. The van der Waals surface area contributed by atoms with Crippen LogP contribution >= 0.6 is 11.6 Å². The van der Waals surface area contributed by atoms with Crippen molar-refractivity contribution in [3.8, 4) is 11.3 Å². The largest absolute Gasteiger partial charge is 0.478 e. The maximum absolute atomic E-state index is 12.2. The summed E-state index contributed by atoms with van der Waals surface area (Å²) in [6, 6.07) is 14.0. The SMILES string of the molecule is Cc1ccc(S(=O)(=O)N/N=C\c2ccc(-c3ccc(C(=O)O)c(Cl)c3)o2)cc1. The van der Waals surface area contributed by atoms with E-state index in [-0.39, 0.29) is 15.5 Å². The van der Waals surface area contributed by atoms with Crippen LogP contribution in [0.4, 0.5) is 0 Å². The zero-order valence-electron chi connectivity index (χ0n) is 14.6. The van der Waals surface area contributed by atoms with Gasteiger partial charge in [-0.05, 0) is 43.3 Å². The number of furan rings is 1. The van der Waals surface area contributed by atoms with Gasteiger partial charge in [0.05, 0.1) is 21.7 Å². The number of benzene rings is 2. The summed E-state index contributed by atoms with van der Waals surface area (Å²) in [5.41, 5.74) is 1.52. The summed E-state index contributed by atoms with van der Waals surface area (Å²) >= 11 is 5.96. The summed E-state index contributed by atoms with van der Waals surface area (Å²) in [5, 5.41) is 12.8. The van der Waals surface area contributed by atoms with Gasteiger partial charge in [-0.25, -0.2) is 4.79 Å². The van der Waals surface area contributed by atoms with Crippen LogP contribution in [0.1, 0.15) is 21.7 Å². The molecule has 28 heavy (non-hydrogen) atoms. The van der Waals surface area contributed by atoms with E-state index in [1.165, 1.54) is 30.5 Å². The van der Waals surface area contributed by atoms with E-state index in [1.807, 2.05) is 6.92 Å². The molecule has 0 aliphatic rings. The average molecular weight is 419 g/mol. The lowest BCUT2D eigenvalue weighted by molar-refractivity contribution is 0.0697. The van der Waals surface area contributed by atoms with Gasteiger partial charge in [0.15, 0.2) is 0 Å². The zero-order valence-corrected chi connectivity index (χ0v) is 16.2. The second kappa shape index (κ2) is 7.87. The van der Waals surface area contributed by atoms with Crippen molar-refractivity contribution in [2.24, 2.45) is 5.10 Å². The van der Waals surface area contributed by atoms with E-state index < -0.39 is 16.0 Å². The van der Waals surface area contributed by atoms with Crippen molar-refractivity contribution >= 4 is 33.8 Å². The Morgan fingerprint density at radius 3 is 2.50 bits per heavy atom. The Labute approximate surface area is 166 Å². The molecule has 0 atom stereocenters. The van der Waals surface area contributed by atoms with E-state index in [1.54, 1.807) is 30.3 Å². The van der Waals surface area contributed by atoms with Crippen LogP contribution in [0.15, 0.2) is 69.0 Å². The van der Waals surface area contributed by atoms with Crippen molar-refractivity contribution in [3.63, 3.8) is 0 Å². The van der Waals surface area contributed by atoms with Crippen molar-refractivity contribution in [1.82, 2.24) is 4.83 Å². The second-order valence-corrected chi connectivity index (χ2v) is 7.94. The Morgan fingerprint density at radius 1 is 1.14 bits per heavy atom. The van der Waals surface area contributed by atoms with E-state index in [0.29, 0.717) is 17.1 Å². The first kappa shape index (κ1) is 19.7. The molecule has 0 radical (unpaired) electrons. The van der Waals surface area contributed by atoms with Gasteiger partial charge in [-0.3, -0.25) is 0 Å². The van der Waals surface area contributed by atoms with Crippen molar-refractivity contribution in [1.29, 1.82) is 0 Å². The van der Waals surface area contributed by atoms with Crippen LogP contribution in [-0.4, -0.2) is 25.7 Å². The van der Waals surface area contributed by atoms with E-state index in [2.05, 4.69) is 9.93 Å². The van der Waals surface area contributed by atoms with E-state index in [0.717, 1.165) is 5.56 Å². The van der Waals surface area contributed by atoms with Gasteiger partial charge in [-0.2, -0.15) is 18.4 Å². The lowest BCUT2D eigenvalue weighted by Gasteiger charge is -2.03. The summed E-state index contributed by atoms with van der Waals surface area (Å²) in [4.78, 5) is 13.2. The number of aryl methyl sites for hydroxylation is 1. The first-order valence-electron chi connectivity index (χ1n) is 8.01. The number of halogens is 1. The van der Waals surface area contributed by atoms with Crippen LogP contribution in [0.3, 0.4) is 0 Å². The molecular weight excluding hydrogens is 404 g/mol. The summed E-state index contributed by atoms with van der Waals surface area (Å²) < 4.78 is 29.9. The molecule has 9 heteroatoms. The number of hydrogen-bond acceptors (Lipinski definition) is 5. The number of rotatable bonds is 6. The number of carboxylic acid groups (broad SMARTS) is 1. The lowest BCUT2D eigenvalue weighted by atomic mass is 10.1. The molecule has 7 nitrogen and oxygen atoms in total. The normalized spacial score (nSPS) is 11.6. The number of hydrogen-bond donors (Lipinski definition) is 2. The minimum Gasteiger partial charge on any atom is -0.478 e. The molecule has 0 saturated carbocycles. The third kappa shape index (κ3) is 4.41. The number of hydrazone groups is 1. The summed E-state index contributed by atoms with van der Waals surface area (Å²) in [5.74, 6) is -0.383. The number of aromatic carboxylic acids is 1. The fourth-order valence-electron chi connectivity index (χ4n) is 2.35. The number of carboxylic acids is 1. The molecule has 2 aromatic carbocycles. The molecule has 0 amide bonds. The lowest BCUT2D eigenvalue weighted by Crippen LogP contribution is -2.18. The van der Waals surface area contributed by atoms with Gasteiger partial charge in [0.1, 0.15) is 11.5 Å². The van der Waals surface area contributed by atoms with E-state index >= 15 is 0 Å². The first-order chi connectivity index (χ1) is 13.3. The molecule has 0 spiro atoms. The maximum Gasteiger partial charge on any atom is 0.337 e. The van der Waals surface area contributed by atoms with Gasteiger partial charge in [0, 0.05) is 5.56 Å². The molecule has 0 aliphatic heterocycles. The van der Waals surface area contributed by atoms with Gasteiger partial charge >= 0.3 is 5.97 Å². The van der Waals surface area contributed by atoms with Crippen LogP contribution in [0.5, 0.6) is 0 Å². The number of carbonyl (C=O) groups is 1. The van der Waals surface area contributed by atoms with Gasteiger partial charge < -0.3 is 9.52 Å². The van der Waals surface area contributed by atoms with E-state index in [9.17, 15) is 13.2 Å². The quantitative estimate of drug-likeness (QED) is 0.465. The van der Waals surface area contributed by atoms with Gasteiger partial charge in [-0.15, -0.1) is 0 Å². The molecule has 1 heterocycles. The standard InChI is InChI=1S/C19H15ClN2O5S/c1-12-2-6-15(7-3-12)28(25,26)22-21-11-14-5-9-18(27-14)13-4-8-16(19(23)24)17(20)10-13/h2-11,22H,1H3,(H,23,24)/b21-11-. The Balaban J connectivity index is 1.73. The topological polar surface area (TPSA) is 109 Å². The molecule has 2 N–H and O–H groups in total. The number of nitrogens with zero attached hydrogens (tertiary/aromatic N) is 1. The molecule has 0 fully saturated rings. The Hall–Kier alpha value is -3.10. The van der Waals surface area contributed by atoms with Crippen LogP contribution < -0.4 is 4.83 Å². The Morgan fingerprint density at radius 2 is 1.86 bits per heavy atom. The number of sulfonamides is 1. The highest BCUT2D eigenvalue weighted by Gasteiger charge is 2.13. The zero-order chi connectivity index (χ0) is 20.3. The van der Waals surface area contributed by atoms with Crippen LogP contribution in [0.2, 0.25) is 5.02 Å². The second-order valence-electron chi connectivity index (χ2n) is 5.87. The molecule has 0 bridgehead atoms. The summed E-state index contributed by atoms with van der Waals surface area (Å²) in [6.45, 7) is 1.86. The Kier molecular flexibility index (Phi) is 5.53. The fourth-order valence-corrected chi connectivity index (χ4v) is 3.40. The highest BCUT2D eigenvalue weighted by atomic mass is 35.5. The van der Waals surface area contributed by atoms with Gasteiger partial charge in [-0.1, -0.05) is 35.4 Å². The minimum atomic E-state index is -3.77. The van der Waals surface area contributed by atoms with Crippen LogP contribution in [-0.2, 0) is 10.0 Å². The maximum atomic E-state index is 12.2. The van der Waals surface area contributed by atoms with E-state index in [4.69, 9.17) is 21.1 Å². The van der Waals surface area contributed by atoms with Crippen molar-refractivity contribution in [3.05, 3.63) is 76.5 Å². The predicted octanol–water partition coefficient (Wildman–Crippen LogP) is 3.92. The minimum absolute atomic E-state index is 0.00993. The Bertz CT molecular complexity index is 1150. The van der Waals surface area contributed by atoms with Crippen molar-refractivity contribution in [2.45, 2.75) is 11.8 Å². The molecule has 3 rings (SSSR count). The molecule has 3 aromatic rings. The van der Waals surface area contributed by atoms with Gasteiger partial charge in [0.2, 0.25) is 0 Å². The molecule has 0 aliphatic carbocycles. The van der Waals surface area contributed by atoms with Crippen molar-refractivity contribution < 1.29 is 22.7 Å². The fraction of sp³-hybridized carbons (Fsp3) is 0.0526. The molecule has 0 saturated heterocycles. The van der Waals surface area contributed by atoms with Crippen LogP contribution in [0.25, 0.3) is 11.3 Å². The third-order valence-electron chi connectivity index (χ3n) is 3.81. The highest BCUT2D eigenvalue weighted by Crippen LogP contribution is 2.27. The summed E-state index contributed by atoms with van der Waals surface area (Å²) in [7, 11) is -3.77. The monoisotopic (exact) mass is 418 g/mol. The predicted molar refractivity (Wildman–Crippen MR) is 105 cm³/mol. The third-order valence-corrected chi connectivity index (χ3v) is 5.36. The summed E-state index contributed by atoms with van der Waals surface area (Å²) in [6.07, 6.45) is 1.22.